The van der Waals surface area contributed by atoms with Crippen LogP contribution < -0.4 is 5.32 Å². The van der Waals surface area contributed by atoms with Crippen molar-refractivity contribution in [2.45, 2.75) is 37.6 Å². The molecule has 2 N–H and O–H groups in total. The van der Waals surface area contributed by atoms with E-state index in [-0.39, 0.29) is 12.3 Å². The molecule has 6 heteroatoms. The van der Waals surface area contributed by atoms with Crippen LogP contribution in [0, 0.1) is 15.9 Å². The highest BCUT2D eigenvalue weighted by atomic mass is 19.1. The molecule has 0 spiro atoms. The molecule has 0 aliphatic heterocycles. The summed E-state index contributed by atoms with van der Waals surface area (Å²) in [6, 6.07) is 3.97. The van der Waals surface area contributed by atoms with Crippen LogP contribution in [-0.4, -0.2) is 22.2 Å². The fourth-order valence-corrected chi connectivity index (χ4v) is 2.64. The molecule has 1 aromatic rings. The lowest BCUT2D eigenvalue weighted by molar-refractivity contribution is -0.386. The number of nitro benzene ring substituents is 1. The van der Waals surface area contributed by atoms with Crippen molar-refractivity contribution < 1.29 is 14.4 Å². The molecular weight excluding hydrogens is 251 g/mol. The van der Waals surface area contributed by atoms with Gasteiger partial charge in [-0.25, -0.2) is 0 Å². The highest BCUT2D eigenvalue weighted by Gasteiger charge is 2.33. The summed E-state index contributed by atoms with van der Waals surface area (Å²) < 4.78 is 13.5. The van der Waals surface area contributed by atoms with Gasteiger partial charge in [-0.3, -0.25) is 10.1 Å². The Hall–Kier alpha value is -1.69. The Balaban J connectivity index is 2.31. The van der Waals surface area contributed by atoms with E-state index in [1.54, 1.807) is 0 Å². The highest BCUT2D eigenvalue weighted by Crippen LogP contribution is 2.35. The Morgan fingerprint density at radius 1 is 1.37 bits per heavy atom. The van der Waals surface area contributed by atoms with Crippen molar-refractivity contribution >= 4 is 11.4 Å². The molecule has 0 heterocycles. The minimum atomic E-state index is -0.862. The predicted molar refractivity (Wildman–Crippen MR) is 69.6 cm³/mol. The van der Waals surface area contributed by atoms with Crippen molar-refractivity contribution in [2.75, 3.05) is 11.9 Å². The zero-order valence-corrected chi connectivity index (χ0v) is 10.6. The number of nitrogens with one attached hydrogen (secondary N) is 1. The molecule has 0 radical (unpaired) electrons. The van der Waals surface area contributed by atoms with Crippen LogP contribution in [0.1, 0.15) is 32.1 Å². The SMILES string of the molecule is O=[N+]([O-])c1c(F)cccc1NC1(CO)CCCCC1. The van der Waals surface area contributed by atoms with Gasteiger partial charge < -0.3 is 10.4 Å². The molecule has 104 valence electrons. The molecule has 0 bridgehead atoms. The smallest absolute Gasteiger partial charge is 0.327 e. The lowest BCUT2D eigenvalue weighted by Crippen LogP contribution is -2.44. The normalized spacial score (nSPS) is 18.0. The van der Waals surface area contributed by atoms with E-state index >= 15 is 0 Å². The van der Waals surface area contributed by atoms with Gasteiger partial charge in [-0.15, -0.1) is 0 Å². The van der Waals surface area contributed by atoms with Crippen LogP contribution in [0.2, 0.25) is 0 Å². The molecular formula is C13H17FN2O3. The summed E-state index contributed by atoms with van der Waals surface area (Å²) in [6.45, 7) is -0.110. The van der Waals surface area contributed by atoms with Crippen molar-refractivity contribution in [3.63, 3.8) is 0 Å². The number of anilines is 1. The molecule has 0 saturated heterocycles. The van der Waals surface area contributed by atoms with Gasteiger partial charge in [0.25, 0.3) is 0 Å². The molecule has 0 amide bonds. The summed E-state index contributed by atoms with van der Waals surface area (Å²) in [7, 11) is 0. The maximum Gasteiger partial charge on any atom is 0.327 e. The number of para-hydroxylation sites is 1. The number of rotatable bonds is 4. The Labute approximate surface area is 110 Å². The first-order valence-electron chi connectivity index (χ1n) is 6.40. The van der Waals surface area contributed by atoms with E-state index in [0.717, 1.165) is 38.2 Å². The zero-order chi connectivity index (χ0) is 13.9. The second kappa shape index (κ2) is 5.52. The van der Waals surface area contributed by atoms with Crippen LogP contribution in [0.15, 0.2) is 18.2 Å². The number of benzene rings is 1. The molecule has 5 nitrogen and oxygen atoms in total. The fourth-order valence-electron chi connectivity index (χ4n) is 2.64. The predicted octanol–water partition coefficient (Wildman–Crippen LogP) is 2.84. The number of nitro groups is 1. The van der Waals surface area contributed by atoms with Crippen LogP contribution in [0.5, 0.6) is 0 Å². The van der Waals surface area contributed by atoms with Crippen LogP contribution >= 0.6 is 0 Å². The van der Waals surface area contributed by atoms with Gasteiger partial charge in [0.15, 0.2) is 0 Å². The average molecular weight is 268 g/mol. The number of hydrogen-bond acceptors (Lipinski definition) is 4. The molecule has 1 saturated carbocycles. The Bertz CT molecular complexity index is 473. The van der Waals surface area contributed by atoms with Crippen LogP contribution in [0.4, 0.5) is 15.8 Å². The van der Waals surface area contributed by atoms with Gasteiger partial charge in [0.1, 0.15) is 5.69 Å². The van der Waals surface area contributed by atoms with Gasteiger partial charge in [-0.05, 0) is 25.0 Å². The minimum absolute atomic E-state index is 0.110. The third kappa shape index (κ3) is 2.84. The topological polar surface area (TPSA) is 75.4 Å². The first-order valence-corrected chi connectivity index (χ1v) is 6.40. The van der Waals surface area contributed by atoms with Gasteiger partial charge >= 0.3 is 5.69 Å². The number of nitrogens with zero attached hydrogens (tertiary/aromatic N) is 1. The number of hydrogen-bond donors (Lipinski definition) is 2. The van der Waals surface area contributed by atoms with Crippen molar-refractivity contribution in [1.82, 2.24) is 0 Å². The second-order valence-corrected chi connectivity index (χ2v) is 5.02. The Morgan fingerprint density at radius 2 is 2.05 bits per heavy atom. The van der Waals surface area contributed by atoms with Crippen molar-refractivity contribution in [3.8, 4) is 0 Å². The van der Waals surface area contributed by atoms with E-state index in [1.165, 1.54) is 12.1 Å². The largest absolute Gasteiger partial charge is 0.394 e. The maximum absolute atomic E-state index is 13.5. The van der Waals surface area contributed by atoms with Gasteiger partial charge in [-0.1, -0.05) is 25.3 Å². The van der Waals surface area contributed by atoms with Crippen molar-refractivity contribution in [3.05, 3.63) is 34.1 Å². The van der Waals surface area contributed by atoms with Gasteiger partial charge in [-0.2, -0.15) is 4.39 Å². The van der Waals surface area contributed by atoms with Crippen molar-refractivity contribution in [2.24, 2.45) is 0 Å². The molecule has 1 fully saturated rings. The Kier molecular flexibility index (Phi) is 3.99. The van der Waals surface area contributed by atoms with Gasteiger partial charge in [0.2, 0.25) is 5.82 Å². The van der Waals surface area contributed by atoms with Crippen molar-refractivity contribution in [1.29, 1.82) is 0 Å². The van der Waals surface area contributed by atoms with E-state index in [4.69, 9.17) is 0 Å². The first kappa shape index (κ1) is 13.7. The number of halogens is 1. The minimum Gasteiger partial charge on any atom is -0.394 e. The van der Waals surface area contributed by atoms with E-state index < -0.39 is 22.0 Å². The molecule has 2 rings (SSSR count). The van der Waals surface area contributed by atoms with Crippen LogP contribution in [0.25, 0.3) is 0 Å². The maximum atomic E-state index is 13.5. The van der Waals surface area contributed by atoms with Gasteiger partial charge in [0, 0.05) is 0 Å². The molecule has 1 aliphatic rings. The average Bonchev–Trinajstić information content (AvgIpc) is 2.39. The second-order valence-electron chi connectivity index (χ2n) is 5.02. The van der Waals surface area contributed by atoms with Gasteiger partial charge in [0.05, 0.1) is 17.1 Å². The summed E-state index contributed by atoms with van der Waals surface area (Å²) in [6.07, 6.45) is 4.47. The molecule has 1 aromatic carbocycles. The lowest BCUT2D eigenvalue weighted by Gasteiger charge is -2.37. The molecule has 0 atom stereocenters. The van der Waals surface area contributed by atoms with Crippen LogP contribution in [-0.2, 0) is 0 Å². The van der Waals surface area contributed by atoms with E-state index in [9.17, 15) is 19.6 Å². The quantitative estimate of drug-likeness (QED) is 0.650. The number of aliphatic hydroxyl groups excluding tert-OH is 1. The lowest BCUT2D eigenvalue weighted by atomic mass is 9.82. The summed E-state index contributed by atoms with van der Waals surface area (Å²) in [5.41, 5.74) is -0.988. The summed E-state index contributed by atoms with van der Waals surface area (Å²) >= 11 is 0. The highest BCUT2D eigenvalue weighted by molar-refractivity contribution is 5.63. The van der Waals surface area contributed by atoms with Crippen LogP contribution in [0.3, 0.4) is 0 Å². The summed E-state index contributed by atoms with van der Waals surface area (Å²) in [5.74, 6) is -0.862. The summed E-state index contributed by atoms with van der Waals surface area (Å²) in [4.78, 5) is 10.2. The monoisotopic (exact) mass is 268 g/mol. The fraction of sp³-hybridized carbons (Fsp3) is 0.538. The first-order chi connectivity index (χ1) is 9.08. The molecule has 0 aromatic heterocycles. The zero-order valence-electron chi connectivity index (χ0n) is 10.6. The molecule has 1 aliphatic carbocycles. The van der Waals surface area contributed by atoms with E-state index in [2.05, 4.69) is 5.32 Å². The Morgan fingerprint density at radius 3 is 2.63 bits per heavy atom. The summed E-state index contributed by atoms with van der Waals surface area (Å²) in [5, 5.41) is 23.5. The molecule has 0 unspecified atom stereocenters. The number of aliphatic hydroxyl groups is 1. The van der Waals surface area contributed by atoms with E-state index in [0.29, 0.717) is 0 Å². The van der Waals surface area contributed by atoms with E-state index in [1.807, 2.05) is 0 Å². The molecule has 19 heavy (non-hydrogen) atoms. The third-order valence-corrected chi connectivity index (χ3v) is 3.68. The third-order valence-electron chi connectivity index (χ3n) is 3.68. The standard InChI is InChI=1S/C13H17FN2O3/c14-10-5-4-6-11(12(10)16(18)19)15-13(9-17)7-2-1-3-8-13/h4-6,15,17H,1-3,7-9H2.